The molecule has 104 valence electrons. The van der Waals surface area contributed by atoms with Gasteiger partial charge in [0.25, 0.3) is 0 Å². The molecule has 0 fully saturated rings. The van der Waals surface area contributed by atoms with Crippen molar-refractivity contribution in [2.75, 3.05) is 14.2 Å². The fourth-order valence-corrected chi connectivity index (χ4v) is 2.17. The lowest BCUT2D eigenvalue weighted by atomic mass is 10.2. The van der Waals surface area contributed by atoms with Gasteiger partial charge < -0.3 is 9.47 Å². The molecule has 0 N–H and O–H groups in total. The maximum Gasteiger partial charge on any atom is 0.161 e. The number of halogens is 1. The van der Waals surface area contributed by atoms with Crippen molar-refractivity contribution in [1.82, 2.24) is 0 Å². The van der Waals surface area contributed by atoms with Gasteiger partial charge in [-0.05, 0) is 47.1 Å². The summed E-state index contributed by atoms with van der Waals surface area (Å²) in [7, 11) is 3.23. The van der Waals surface area contributed by atoms with Crippen molar-refractivity contribution in [3.63, 3.8) is 0 Å². The third-order valence-corrected chi connectivity index (χ3v) is 3.58. The average molecular weight is 334 g/mol. The minimum Gasteiger partial charge on any atom is -0.493 e. The van der Waals surface area contributed by atoms with Gasteiger partial charge >= 0.3 is 0 Å². The van der Waals surface area contributed by atoms with Crippen LogP contribution in [0.3, 0.4) is 0 Å². The zero-order chi connectivity index (χ0) is 14.5. The number of aryl methyl sites for hydroxylation is 1. The Balaban J connectivity index is 2.31. The third kappa shape index (κ3) is 3.39. The lowest BCUT2D eigenvalue weighted by Gasteiger charge is -2.09. The molecule has 0 aromatic heterocycles. The molecule has 2 aromatic carbocycles. The number of rotatable bonds is 4. The summed E-state index contributed by atoms with van der Waals surface area (Å²) >= 11 is 3.51. The molecule has 0 saturated heterocycles. The molecular weight excluding hydrogens is 318 g/mol. The number of benzene rings is 2. The first-order valence-electron chi connectivity index (χ1n) is 6.16. The van der Waals surface area contributed by atoms with Crippen molar-refractivity contribution in [2.24, 2.45) is 4.99 Å². The van der Waals surface area contributed by atoms with Crippen LogP contribution in [0.25, 0.3) is 0 Å². The number of methoxy groups -OCH3 is 2. The van der Waals surface area contributed by atoms with Gasteiger partial charge in [0.2, 0.25) is 0 Å². The Morgan fingerprint density at radius 2 is 1.60 bits per heavy atom. The molecule has 0 bridgehead atoms. The Morgan fingerprint density at radius 1 is 1.00 bits per heavy atom. The van der Waals surface area contributed by atoms with Gasteiger partial charge in [-0.3, -0.25) is 4.99 Å². The minimum absolute atomic E-state index is 0.682. The van der Waals surface area contributed by atoms with Crippen LogP contribution in [0.15, 0.2) is 45.9 Å². The van der Waals surface area contributed by atoms with Crippen LogP contribution < -0.4 is 9.47 Å². The molecular formula is C16H16BrNO2. The van der Waals surface area contributed by atoms with Crippen LogP contribution >= 0.6 is 15.9 Å². The van der Waals surface area contributed by atoms with Gasteiger partial charge in [0.1, 0.15) is 0 Å². The lowest BCUT2D eigenvalue weighted by molar-refractivity contribution is 0.354. The Bertz CT molecular complexity index is 621. The van der Waals surface area contributed by atoms with Crippen LogP contribution in [0.2, 0.25) is 0 Å². The van der Waals surface area contributed by atoms with Gasteiger partial charge in [0.05, 0.1) is 19.9 Å². The van der Waals surface area contributed by atoms with Crippen LogP contribution in [0, 0.1) is 6.92 Å². The Hall–Kier alpha value is -1.81. The van der Waals surface area contributed by atoms with Crippen molar-refractivity contribution in [2.45, 2.75) is 6.92 Å². The summed E-state index contributed by atoms with van der Waals surface area (Å²) in [5.74, 6) is 1.37. The molecule has 4 heteroatoms. The highest BCUT2D eigenvalue weighted by molar-refractivity contribution is 9.10. The normalized spacial score (nSPS) is 10.8. The van der Waals surface area contributed by atoms with E-state index in [4.69, 9.17) is 9.47 Å². The quantitative estimate of drug-likeness (QED) is 0.770. The van der Waals surface area contributed by atoms with Crippen LogP contribution in [0.1, 0.15) is 11.1 Å². The Morgan fingerprint density at radius 3 is 2.20 bits per heavy atom. The molecule has 0 heterocycles. The lowest BCUT2D eigenvalue weighted by Crippen LogP contribution is -1.93. The number of ether oxygens (including phenoxy) is 2. The van der Waals surface area contributed by atoms with E-state index in [9.17, 15) is 0 Å². The van der Waals surface area contributed by atoms with E-state index in [0.717, 1.165) is 15.7 Å². The summed E-state index contributed by atoms with van der Waals surface area (Å²) in [6.45, 7) is 2.05. The fourth-order valence-electron chi connectivity index (χ4n) is 1.74. The molecule has 20 heavy (non-hydrogen) atoms. The summed E-state index contributed by atoms with van der Waals surface area (Å²) in [6, 6.07) is 11.8. The summed E-state index contributed by atoms with van der Waals surface area (Å²) in [5, 5.41) is 0. The van der Waals surface area contributed by atoms with Crippen molar-refractivity contribution in [1.29, 1.82) is 0 Å². The van der Waals surface area contributed by atoms with Crippen molar-refractivity contribution in [3.05, 3.63) is 52.0 Å². The zero-order valence-electron chi connectivity index (χ0n) is 11.7. The summed E-state index contributed by atoms with van der Waals surface area (Å²) < 4.78 is 11.4. The van der Waals surface area contributed by atoms with E-state index in [2.05, 4.69) is 27.8 Å². The van der Waals surface area contributed by atoms with E-state index in [-0.39, 0.29) is 0 Å². The highest BCUT2D eigenvalue weighted by Crippen LogP contribution is 2.32. The second-order valence-electron chi connectivity index (χ2n) is 4.32. The van der Waals surface area contributed by atoms with E-state index < -0.39 is 0 Å². The van der Waals surface area contributed by atoms with Crippen molar-refractivity contribution < 1.29 is 9.47 Å². The maximum absolute atomic E-state index is 5.29. The predicted molar refractivity (Wildman–Crippen MR) is 85.7 cm³/mol. The van der Waals surface area contributed by atoms with E-state index in [1.165, 1.54) is 5.56 Å². The van der Waals surface area contributed by atoms with Gasteiger partial charge in [-0.15, -0.1) is 0 Å². The van der Waals surface area contributed by atoms with Crippen LogP contribution in [0.5, 0.6) is 11.5 Å². The first-order valence-corrected chi connectivity index (χ1v) is 6.95. The van der Waals surface area contributed by atoms with Crippen LogP contribution in [-0.2, 0) is 0 Å². The largest absolute Gasteiger partial charge is 0.493 e. The summed E-state index contributed by atoms with van der Waals surface area (Å²) in [6.07, 6.45) is 1.80. The minimum atomic E-state index is 0.682. The smallest absolute Gasteiger partial charge is 0.161 e. The van der Waals surface area contributed by atoms with E-state index in [1.807, 2.05) is 36.4 Å². The average Bonchev–Trinajstić information content (AvgIpc) is 2.47. The Kier molecular flexibility index (Phi) is 4.79. The first-order chi connectivity index (χ1) is 9.63. The monoisotopic (exact) mass is 333 g/mol. The molecule has 0 radical (unpaired) electrons. The molecule has 0 amide bonds. The maximum atomic E-state index is 5.29. The van der Waals surface area contributed by atoms with Crippen molar-refractivity contribution in [3.8, 4) is 11.5 Å². The summed E-state index contributed by atoms with van der Waals surface area (Å²) in [5.41, 5.74) is 3.07. The molecule has 3 nitrogen and oxygen atoms in total. The molecule has 2 aromatic rings. The topological polar surface area (TPSA) is 30.8 Å². The Labute approximate surface area is 127 Å². The third-order valence-electron chi connectivity index (χ3n) is 2.89. The number of nitrogens with zero attached hydrogens (tertiary/aromatic N) is 1. The van der Waals surface area contributed by atoms with E-state index in [0.29, 0.717) is 11.5 Å². The van der Waals surface area contributed by atoms with Gasteiger partial charge in [-0.25, -0.2) is 0 Å². The highest BCUT2D eigenvalue weighted by atomic mass is 79.9. The summed E-state index contributed by atoms with van der Waals surface area (Å²) in [4.78, 5) is 4.46. The number of hydrogen-bond donors (Lipinski definition) is 0. The van der Waals surface area contributed by atoms with E-state index in [1.54, 1.807) is 20.4 Å². The second-order valence-corrected chi connectivity index (χ2v) is 5.18. The molecule has 2 rings (SSSR count). The molecule has 0 aliphatic rings. The number of hydrogen-bond acceptors (Lipinski definition) is 3. The number of aliphatic imine (C=N–C) groups is 1. The molecule has 0 aliphatic carbocycles. The molecule has 0 spiro atoms. The molecule has 0 aliphatic heterocycles. The van der Waals surface area contributed by atoms with Gasteiger partial charge in [0.15, 0.2) is 11.5 Å². The van der Waals surface area contributed by atoms with Gasteiger partial charge in [-0.2, -0.15) is 0 Å². The van der Waals surface area contributed by atoms with Crippen LogP contribution in [0.4, 0.5) is 5.69 Å². The molecule has 0 unspecified atom stereocenters. The zero-order valence-corrected chi connectivity index (χ0v) is 13.3. The van der Waals surface area contributed by atoms with Crippen molar-refractivity contribution >= 4 is 27.8 Å². The SMILES string of the molecule is COc1cc(Br)c(C=Nc2ccc(C)cc2)cc1OC. The molecule has 0 atom stereocenters. The second kappa shape index (κ2) is 6.57. The van der Waals surface area contributed by atoms with E-state index >= 15 is 0 Å². The van der Waals surface area contributed by atoms with Crippen LogP contribution in [-0.4, -0.2) is 20.4 Å². The standard InChI is InChI=1S/C16H16BrNO2/c1-11-4-6-13(7-5-11)18-10-12-8-15(19-2)16(20-3)9-14(12)17/h4-10H,1-3H3. The van der Waals surface area contributed by atoms with Gasteiger partial charge in [0, 0.05) is 16.3 Å². The fraction of sp³-hybridized carbons (Fsp3) is 0.188. The molecule has 0 saturated carbocycles. The first kappa shape index (κ1) is 14.6. The van der Waals surface area contributed by atoms with Gasteiger partial charge in [-0.1, -0.05) is 17.7 Å². The highest BCUT2D eigenvalue weighted by Gasteiger charge is 2.07. The predicted octanol–water partition coefficient (Wildman–Crippen LogP) is 4.53.